The summed E-state index contributed by atoms with van der Waals surface area (Å²) in [5.74, 6) is 1.13. The van der Waals surface area contributed by atoms with Crippen LogP contribution in [0.4, 0.5) is 0 Å². The molecule has 0 spiro atoms. The van der Waals surface area contributed by atoms with E-state index in [0.717, 1.165) is 18.4 Å². The van der Waals surface area contributed by atoms with Gasteiger partial charge in [-0.25, -0.2) is 0 Å². The molecule has 3 heterocycles. The van der Waals surface area contributed by atoms with Crippen molar-refractivity contribution >= 4 is 28.1 Å². The predicted octanol–water partition coefficient (Wildman–Crippen LogP) is 4.08. The van der Waals surface area contributed by atoms with Gasteiger partial charge in [0.1, 0.15) is 0 Å². The molecule has 0 aliphatic rings. The van der Waals surface area contributed by atoms with Gasteiger partial charge in [-0.1, -0.05) is 24.3 Å². The molecule has 150 valence electrons. The Balaban J connectivity index is 1.23. The second kappa shape index (κ2) is 9.05. The smallest absolute Gasteiger partial charge is 0.220 e. The molecule has 0 radical (unpaired) electrons. The number of carbonyl (C=O) groups excluding carboxylic acids is 1. The summed E-state index contributed by atoms with van der Waals surface area (Å²) in [6.07, 6.45) is 5.19. The number of amides is 1. The number of aromatic nitrogens is 3. The number of fused-ring (bicyclic) bond motifs is 1. The van der Waals surface area contributed by atoms with Gasteiger partial charge in [0.2, 0.25) is 17.7 Å². The molecule has 0 aliphatic heterocycles. The molecular weight excluding hydrogens is 384 g/mol. The molecule has 7 heteroatoms. The van der Waals surface area contributed by atoms with Gasteiger partial charge in [-0.05, 0) is 36.4 Å². The molecule has 0 saturated carbocycles. The Kier molecular flexibility index (Phi) is 6.05. The molecule has 4 rings (SSSR count). The van der Waals surface area contributed by atoms with E-state index in [-0.39, 0.29) is 11.9 Å². The van der Waals surface area contributed by atoms with Crippen LogP contribution in [0.5, 0.6) is 0 Å². The van der Waals surface area contributed by atoms with E-state index in [4.69, 9.17) is 4.42 Å². The molecule has 1 atom stereocenters. The third-order valence-corrected chi connectivity index (χ3v) is 5.75. The first-order chi connectivity index (χ1) is 14.2. The van der Waals surface area contributed by atoms with Crippen molar-refractivity contribution in [2.24, 2.45) is 0 Å². The highest BCUT2D eigenvalue weighted by Crippen LogP contribution is 2.19. The lowest BCUT2D eigenvalue weighted by molar-refractivity contribution is -0.121. The van der Waals surface area contributed by atoms with Crippen LogP contribution < -0.4 is 5.32 Å². The van der Waals surface area contributed by atoms with E-state index >= 15 is 0 Å². The summed E-state index contributed by atoms with van der Waals surface area (Å²) in [6.45, 7) is 2.02. The zero-order chi connectivity index (χ0) is 20.1. The topological polar surface area (TPSA) is 83.8 Å². The van der Waals surface area contributed by atoms with Gasteiger partial charge in [0.15, 0.2) is 0 Å². The van der Waals surface area contributed by atoms with E-state index in [9.17, 15) is 4.79 Å². The maximum atomic E-state index is 12.2. The number of nitrogens with zero attached hydrogens (tertiary/aromatic N) is 2. The standard InChI is InChI=1S/C22H24N4O2S/c1-15(13-17-5-4-12-29-17)24-20(27)9-11-22-26-25-21(28-22)10-8-16-14-23-19-7-3-2-6-18(16)19/h2-7,12,14-15,23H,8-11,13H2,1H3,(H,24,27)/t15-/m1/s1. The molecule has 0 bridgehead atoms. The second-order valence-corrected chi connectivity index (χ2v) is 8.23. The van der Waals surface area contributed by atoms with Crippen molar-refractivity contribution in [1.82, 2.24) is 20.5 Å². The number of hydrogen-bond acceptors (Lipinski definition) is 5. The van der Waals surface area contributed by atoms with Crippen LogP contribution >= 0.6 is 11.3 Å². The van der Waals surface area contributed by atoms with Gasteiger partial charge in [-0.2, -0.15) is 0 Å². The lowest BCUT2D eigenvalue weighted by Gasteiger charge is -2.12. The lowest BCUT2D eigenvalue weighted by Crippen LogP contribution is -2.34. The quantitative estimate of drug-likeness (QED) is 0.437. The highest BCUT2D eigenvalue weighted by atomic mass is 32.1. The van der Waals surface area contributed by atoms with Gasteiger partial charge in [0.05, 0.1) is 0 Å². The number of benzene rings is 1. The Labute approximate surface area is 173 Å². The first-order valence-electron chi connectivity index (χ1n) is 9.85. The van der Waals surface area contributed by atoms with E-state index in [1.54, 1.807) is 11.3 Å². The molecule has 4 aromatic rings. The summed E-state index contributed by atoms with van der Waals surface area (Å²) in [4.78, 5) is 16.7. The Morgan fingerprint density at radius 2 is 1.97 bits per heavy atom. The minimum Gasteiger partial charge on any atom is -0.425 e. The molecule has 0 saturated heterocycles. The third-order valence-electron chi connectivity index (χ3n) is 4.85. The zero-order valence-corrected chi connectivity index (χ0v) is 17.2. The summed E-state index contributed by atoms with van der Waals surface area (Å²) < 4.78 is 5.72. The maximum absolute atomic E-state index is 12.2. The van der Waals surface area contributed by atoms with Crippen molar-refractivity contribution in [2.75, 3.05) is 0 Å². The fraction of sp³-hybridized carbons (Fsp3) is 0.318. The normalized spacial score (nSPS) is 12.3. The number of para-hydroxylation sites is 1. The van der Waals surface area contributed by atoms with Gasteiger partial charge in [-0.3, -0.25) is 4.79 Å². The zero-order valence-electron chi connectivity index (χ0n) is 16.4. The van der Waals surface area contributed by atoms with Crippen molar-refractivity contribution < 1.29 is 9.21 Å². The fourth-order valence-electron chi connectivity index (χ4n) is 3.42. The van der Waals surface area contributed by atoms with Crippen LogP contribution in [0.3, 0.4) is 0 Å². The second-order valence-electron chi connectivity index (χ2n) is 7.20. The monoisotopic (exact) mass is 408 g/mol. The number of rotatable bonds is 9. The number of H-pyrrole nitrogens is 1. The molecule has 6 nitrogen and oxygen atoms in total. The summed E-state index contributed by atoms with van der Waals surface area (Å²) in [5.41, 5.74) is 2.37. The number of aryl methyl sites for hydroxylation is 3. The maximum Gasteiger partial charge on any atom is 0.220 e. The third kappa shape index (κ3) is 5.12. The first-order valence-corrected chi connectivity index (χ1v) is 10.7. The highest BCUT2D eigenvalue weighted by Gasteiger charge is 2.12. The van der Waals surface area contributed by atoms with Crippen molar-refractivity contribution in [1.29, 1.82) is 0 Å². The average molecular weight is 409 g/mol. The summed E-state index contributed by atoms with van der Waals surface area (Å²) in [6, 6.07) is 12.5. The van der Waals surface area contributed by atoms with Gasteiger partial charge in [-0.15, -0.1) is 21.5 Å². The SMILES string of the molecule is C[C@H](Cc1cccs1)NC(=O)CCc1nnc(CCc2c[nH]c3ccccc23)o1. The van der Waals surface area contributed by atoms with Crippen LogP contribution in [-0.2, 0) is 30.5 Å². The van der Waals surface area contributed by atoms with Crippen molar-refractivity contribution in [3.63, 3.8) is 0 Å². The van der Waals surface area contributed by atoms with Gasteiger partial charge < -0.3 is 14.7 Å². The molecule has 1 amide bonds. The Morgan fingerprint density at radius 3 is 2.79 bits per heavy atom. The molecule has 3 aromatic heterocycles. The summed E-state index contributed by atoms with van der Waals surface area (Å²) >= 11 is 1.71. The molecule has 0 aliphatic carbocycles. The van der Waals surface area contributed by atoms with Crippen LogP contribution in [0.2, 0.25) is 0 Å². The van der Waals surface area contributed by atoms with E-state index in [1.807, 2.05) is 31.3 Å². The molecule has 2 N–H and O–H groups in total. The van der Waals surface area contributed by atoms with Crippen LogP contribution in [-0.4, -0.2) is 27.1 Å². The van der Waals surface area contributed by atoms with Crippen LogP contribution in [0.1, 0.15) is 35.6 Å². The Bertz CT molecular complexity index is 1070. The highest BCUT2D eigenvalue weighted by molar-refractivity contribution is 7.09. The fourth-order valence-corrected chi connectivity index (χ4v) is 4.25. The largest absolute Gasteiger partial charge is 0.425 e. The molecule has 1 aromatic carbocycles. The molecule has 0 fully saturated rings. The minimum absolute atomic E-state index is 0.00704. The number of aromatic amines is 1. The predicted molar refractivity (Wildman–Crippen MR) is 114 cm³/mol. The minimum atomic E-state index is 0.00704. The first kappa shape index (κ1) is 19.4. The van der Waals surface area contributed by atoms with E-state index in [2.05, 4.69) is 44.1 Å². The van der Waals surface area contributed by atoms with Crippen molar-refractivity contribution in [3.05, 3.63) is 70.2 Å². The summed E-state index contributed by atoms with van der Waals surface area (Å²) in [7, 11) is 0. The number of carbonyl (C=O) groups is 1. The van der Waals surface area contributed by atoms with Gasteiger partial charge in [0.25, 0.3) is 0 Å². The Morgan fingerprint density at radius 1 is 1.14 bits per heavy atom. The van der Waals surface area contributed by atoms with Crippen LogP contribution in [0.15, 0.2) is 52.4 Å². The van der Waals surface area contributed by atoms with Gasteiger partial charge in [0, 0.05) is 53.7 Å². The van der Waals surface area contributed by atoms with Gasteiger partial charge >= 0.3 is 0 Å². The van der Waals surface area contributed by atoms with Crippen LogP contribution in [0.25, 0.3) is 10.9 Å². The van der Waals surface area contributed by atoms with Crippen LogP contribution in [0, 0.1) is 0 Å². The number of hydrogen-bond donors (Lipinski definition) is 2. The average Bonchev–Trinajstić information content (AvgIpc) is 3.46. The molecule has 29 heavy (non-hydrogen) atoms. The summed E-state index contributed by atoms with van der Waals surface area (Å²) in [5, 5.41) is 14.5. The molecular formula is C22H24N4O2S. The number of nitrogens with one attached hydrogen (secondary N) is 2. The van der Waals surface area contributed by atoms with Crippen molar-refractivity contribution in [2.45, 2.75) is 45.1 Å². The van der Waals surface area contributed by atoms with Crippen molar-refractivity contribution in [3.8, 4) is 0 Å². The number of thiophene rings is 1. The Hall–Kier alpha value is -2.93. The van der Waals surface area contributed by atoms with E-state index < -0.39 is 0 Å². The van der Waals surface area contributed by atoms with E-state index in [0.29, 0.717) is 31.0 Å². The lowest BCUT2D eigenvalue weighted by atomic mass is 10.1. The van der Waals surface area contributed by atoms with E-state index in [1.165, 1.54) is 15.8 Å². The molecule has 0 unspecified atom stereocenters.